The van der Waals surface area contributed by atoms with Gasteiger partial charge in [0, 0.05) is 24.6 Å². The predicted octanol–water partition coefficient (Wildman–Crippen LogP) is 4.95. The second-order valence-electron chi connectivity index (χ2n) is 9.42. The van der Waals surface area contributed by atoms with Gasteiger partial charge in [0.15, 0.2) is 0 Å². The summed E-state index contributed by atoms with van der Waals surface area (Å²) in [6.07, 6.45) is 6.65. The summed E-state index contributed by atoms with van der Waals surface area (Å²) in [5.41, 5.74) is 0.678. The van der Waals surface area contributed by atoms with Crippen LogP contribution in [-0.2, 0) is 11.3 Å². The fourth-order valence-electron chi connectivity index (χ4n) is 5.67. The molecule has 29 heavy (non-hydrogen) atoms. The Kier molecular flexibility index (Phi) is 6.24. The average Bonchev–Trinajstić information content (AvgIpc) is 3.20. The molecule has 160 valence electrons. The Labute approximate surface area is 173 Å². The van der Waals surface area contributed by atoms with Crippen LogP contribution in [0.5, 0.6) is 0 Å². The number of hydrogen-bond acceptors (Lipinski definition) is 2. The number of rotatable bonds is 6. The standard InChI is InChI=1S/C24H34F2N2O/c1-2-27-23(29)20-14-24(26,15-20)21-9-7-17(8-10-21)18-5-6-19(22(25)13-18)16-28-11-3-4-12-28/h5-6,13,17,20-21H,2-4,7-12,14-16H2,1H3,(H,27,29)/t17?,20-,21?,24+. The highest BCUT2D eigenvalue weighted by atomic mass is 19.1. The number of amides is 1. The van der Waals surface area contributed by atoms with Gasteiger partial charge in [-0.1, -0.05) is 12.1 Å². The zero-order valence-electron chi connectivity index (χ0n) is 17.6. The SMILES string of the molecule is CCNC(=O)[C@H]1C[C@](F)(C2CCC(c3ccc(CN4CCCC4)c(F)c3)CC2)C1. The molecule has 3 fully saturated rings. The number of nitrogens with zero attached hydrogens (tertiary/aromatic N) is 1. The van der Waals surface area contributed by atoms with Crippen molar-refractivity contribution in [3.8, 4) is 0 Å². The first-order valence-electron chi connectivity index (χ1n) is 11.5. The van der Waals surface area contributed by atoms with Crippen molar-refractivity contribution in [3.63, 3.8) is 0 Å². The molecule has 2 aliphatic carbocycles. The van der Waals surface area contributed by atoms with Gasteiger partial charge >= 0.3 is 0 Å². The van der Waals surface area contributed by atoms with Crippen molar-refractivity contribution in [1.82, 2.24) is 10.2 Å². The van der Waals surface area contributed by atoms with E-state index in [0.717, 1.165) is 49.9 Å². The summed E-state index contributed by atoms with van der Waals surface area (Å²) < 4.78 is 29.9. The van der Waals surface area contributed by atoms with Gasteiger partial charge in [0.05, 0.1) is 0 Å². The van der Waals surface area contributed by atoms with Crippen molar-refractivity contribution in [2.45, 2.75) is 76.4 Å². The van der Waals surface area contributed by atoms with Gasteiger partial charge in [-0.3, -0.25) is 9.69 Å². The van der Waals surface area contributed by atoms with Crippen LogP contribution in [0.1, 0.15) is 75.3 Å². The largest absolute Gasteiger partial charge is 0.356 e. The van der Waals surface area contributed by atoms with Crippen LogP contribution in [0.4, 0.5) is 8.78 Å². The van der Waals surface area contributed by atoms with Gasteiger partial charge in [0.25, 0.3) is 0 Å². The van der Waals surface area contributed by atoms with E-state index < -0.39 is 5.67 Å². The summed E-state index contributed by atoms with van der Waals surface area (Å²) in [6.45, 7) is 5.33. The molecule has 1 aliphatic heterocycles. The van der Waals surface area contributed by atoms with Gasteiger partial charge in [0.2, 0.25) is 5.91 Å². The van der Waals surface area contributed by atoms with Gasteiger partial charge < -0.3 is 5.32 Å². The lowest BCUT2D eigenvalue weighted by molar-refractivity contribution is -0.138. The molecule has 0 aromatic heterocycles. The highest BCUT2D eigenvalue weighted by molar-refractivity contribution is 5.79. The normalized spacial score (nSPS) is 32.7. The van der Waals surface area contributed by atoms with E-state index in [-0.39, 0.29) is 23.6 Å². The van der Waals surface area contributed by atoms with Crippen molar-refractivity contribution in [2.24, 2.45) is 11.8 Å². The Balaban J connectivity index is 1.29. The minimum atomic E-state index is -1.18. The van der Waals surface area contributed by atoms with Gasteiger partial charge in [0.1, 0.15) is 11.5 Å². The Hall–Kier alpha value is -1.49. The fourth-order valence-corrected chi connectivity index (χ4v) is 5.67. The van der Waals surface area contributed by atoms with E-state index in [1.54, 1.807) is 6.07 Å². The smallest absolute Gasteiger partial charge is 0.223 e. The summed E-state index contributed by atoms with van der Waals surface area (Å²) in [4.78, 5) is 14.2. The molecule has 1 heterocycles. The quantitative estimate of drug-likeness (QED) is 0.728. The predicted molar refractivity (Wildman–Crippen MR) is 111 cm³/mol. The summed E-state index contributed by atoms with van der Waals surface area (Å²) >= 11 is 0. The number of halogens is 2. The minimum absolute atomic E-state index is 0.000966. The van der Waals surface area contributed by atoms with Crippen LogP contribution >= 0.6 is 0 Å². The first-order valence-corrected chi connectivity index (χ1v) is 11.5. The second kappa shape index (κ2) is 8.71. The summed E-state index contributed by atoms with van der Waals surface area (Å²) in [7, 11) is 0. The second-order valence-corrected chi connectivity index (χ2v) is 9.42. The van der Waals surface area contributed by atoms with Gasteiger partial charge in [-0.05, 0) is 94.8 Å². The van der Waals surface area contributed by atoms with Crippen LogP contribution in [0.15, 0.2) is 18.2 Å². The molecule has 0 bridgehead atoms. The molecule has 5 heteroatoms. The molecule has 1 saturated heterocycles. The number of hydrogen-bond donors (Lipinski definition) is 1. The maximum atomic E-state index is 15.2. The highest BCUT2D eigenvalue weighted by Crippen LogP contribution is 2.52. The molecule has 1 aromatic rings. The molecule has 3 nitrogen and oxygen atoms in total. The van der Waals surface area contributed by atoms with Crippen molar-refractivity contribution in [3.05, 3.63) is 35.1 Å². The molecule has 1 N–H and O–H groups in total. The molecule has 0 atom stereocenters. The number of carbonyl (C=O) groups excluding carboxylic acids is 1. The molecule has 0 unspecified atom stereocenters. The van der Waals surface area contributed by atoms with Crippen LogP contribution in [0.25, 0.3) is 0 Å². The molecular weight excluding hydrogens is 370 g/mol. The third-order valence-corrected chi connectivity index (χ3v) is 7.49. The zero-order chi connectivity index (χ0) is 20.4. The average molecular weight is 405 g/mol. The van der Waals surface area contributed by atoms with Crippen molar-refractivity contribution in [2.75, 3.05) is 19.6 Å². The summed E-state index contributed by atoms with van der Waals surface area (Å²) in [5, 5.41) is 2.80. The van der Waals surface area contributed by atoms with Crippen LogP contribution in [-0.4, -0.2) is 36.1 Å². The third kappa shape index (κ3) is 4.50. The fraction of sp³-hybridized carbons (Fsp3) is 0.708. The van der Waals surface area contributed by atoms with Crippen molar-refractivity contribution >= 4 is 5.91 Å². The Morgan fingerprint density at radius 1 is 1.17 bits per heavy atom. The topological polar surface area (TPSA) is 32.3 Å². The Bertz CT molecular complexity index is 718. The summed E-state index contributed by atoms with van der Waals surface area (Å²) in [5.74, 6) is 0.115. The molecule has 3 aliphatic rings. The number of alkyl halides is 1. The number of likely N-dealkylation sites (tertiary alicyclic amines) is 1. The third-order valence-electron chi connectivity index (χ3n) is 7.49. The van der Waals surface area contributed by atoms with E-state index in [1.165, 1.54) is 12.8 Å². The molecular formula is C24H34F2N2O. The summed E-state index contributed by atoms with van der Waals surface area (Å²) in [6, 6.07) is 5.75. The van der Waals surface area contributed by atoms with E-state index in [4.69, 9.17) is 0 Å². The van der Waals surface area contributed by atoms with E-state index >= 15 is 4.39 Å². The lowest BCUT2D eigenvalue weighted by Gasteiger charge is -2.47. The molecule has 4 rings (SSSR count). The Morgan fingerprint density at radius 2 is 1.86 bits per heavy atom. The van der Waals surface area contributed by atoms with Crippen molar-refractivity contribution in [1.29, 1.82) is 0 Å². The molecule has 0 spiro atoms. The monoisotopic (exact) mass is 404 g/mol. The highest BCUT2D eigenvalue weighted by Gasteiger charge is 2.53. The minimum Gasteiger partial charge on any atom is -0.356 e. The van der Waals surface area contributed by atoms with Gasteiger partial charge in [-0.2, -0.15) is 0 Å². The maximum absolute atomic E-state index is 15.2. The number of carbonyl (C=O) groups is 1. The zero-order valence-corrected chi connectivity index (χ0v) is 17.6. The van der Waals surface area contributed by atoms with E-state index in [9.17, 15) is 9.18 Å². The van der Waals surface area contributed by atoms with Gasteiger partial charge in [-0.25, -0.2) is 8.78 Å². The maximum Gasteiger partial charge on any atom is 0.223 e. The molecule has 2 saturated carbocycles. The number of nitrogens with one attached hydrogen (secondary N) is 1. The Morgan fingerprint density at radius 3 is 2.48 bits per heavy atom. The lowest BCUT2D eigenvalue weighted by atomic mass is 9.61. The first kappa shape index (κ1) is 20.8. The van der Waals surface area contributed by atoms with Crippen LogP contribution in [0, 0.1) is 17.7 Å². The van der Waals surface area contributed by atoms with Gasteiger partial charge in [-0.15, -0.1) is 0 Å². The van der Waals surface area contributed by atoms with Crippen LogP contribution < -0.4 is 5.32 Å². The first-order chi connectivity index (χ1) is 14.0. The van der Waals surface area contributed by atoms with E-state index in [0.29, 0.717) is 31.8 Å². The van der Waals surface area contributed by atoms with Crippen LogP contribution in [0.2, 0.25) is 0 Å². The lowest BCUT2D eigenvalue weighted by Crippen LogP contribution is -2.52. The van der Waals surface area contributed by atoms with Crippen LogP contribution in [0.3, 0.4) is 0 Å². The van der Waals surface area contributed by atoms with E-state index in [1.807, 2.05) is 13.0 Å². The molecule has 1 aromatic carbocycles. The number of benzene rings is 1. The van der Waals surface area contributed by atoms with Crippen molar-refractivity contribution < 1.29 is 13.6 Å². The van der Waals surface area contributed by atoms with E-state index in [2.05, 4.69) is 16.3 Å². The molecule has 1 amide bonds. The molecule has 0 radical (unpaired) electrons.